The van der Waals surface area contributed by atoms with Crippen molar-refractivity contribution in [3.8, 4) is 0 Å². The highest BCUT2D eigenvalue weighted by Gasteiger charge is 2.12. The smallest absolute Gasteiger partial charge is 0.239 e. The van der Waals surface area contributed by atoms with Gasteiger partial charge in [0.15, 0.2) is 0 Å². The molecule has 102 valence electrons. The van der Waals surface area contributed by atoms with Crippen molar-refractivity contribution in [1.82, 2.24) is 5.32 Å². The number of amides is 1. The maximum Gasteiger partial charge on any atom is 0.239 e. The number of hydrogen-bond acceptors (Lipinski definition) is 4. The molecule has 0 saturated heterocycles. The molecule has 0 aliphatic rings. The van der Waals surface area contributed by atoms with Crippen LogP contribution in [0.1, 0.15) is 5.56 Å². The first-order valence-corrected chi connectivity index (χ1v) is 7.07. The van der Waals surface area contributed by atoms with Crippen LogP contribution in [-0.4, -0.2) is 32.2 Å². The minimum atomic E-state index is -0.593. The zero-order chi connectivity index (χ0) is 13.7. The van der Waals surface area contributed by atoms with E-state index in [1.807, 2.05) is 12.1 Å². The maximum atomic E-state index is 11.6. The fourth-order valence-corrected chi connectivity index (χ4v) is 2.93. The van der Waals surface area contributed by atoms with Gasteiger partial charge in [-0.2, -0.15) is 0 Å². The normalized spacial score (nSPS) is 12.5. The molecule has 2 rings (SSSR count). The Morgan fingerprint density at radius 1 is 1.47 bits per heavy atom. The summed E-state index contributed by atoms with van der Waals surface area (Å²) < 4.78 is 6.13. The molecule has 4 nitrogen and oxygen atoms in total. The Bertz CT molecular complexity index is 553. The number of carbonyl (C=O) groups excluding carboxylic acids is 1. The van der Waals surface area contributed by atoms with Gasteiger partial charge in [-0.05, 0) is 28.8 Å². The zero-order valence-electron chi connectivity index (χ0n) is 10.9. The predicted octanol–water partition coefficient (Wildman–Crippen LogP) is 1.53. The first-order chi connectivity index (χ1) is 9.22. The molecule has 0 radical (unpaired) electrons. The van der Waals surface area contributed by atoms with Gasteiger partial charge in [0.05, 0.1) is 6.61 Å². The fraction of sp³-hybridized carbons (Fsp3) is 0.357. The fourth-order valence-electron chi connectivity index (χ4n) is 1.93. The highest BCUT2D eigenvalue weighted by molar-refractivity contribution is 7.17. The van der Waals surface area contributed by atoms with E-state index in [1.54, 1.807) is 11.3 Å². The van der Waals surface area contributed by atoms with E-state index in [4.69, 9.17) is 10.5 Å². The monoisotopic (exact) mass is 278 g/mol. The molecule has 3 N–H and O–H groups in total. The lowest BCUT2D eigenvalue weighted by atomic mass is 10.1. The zero-order valence-corrected chi connectivity index (χ0v) is 11.7. The second-order valence-corrected chi connectivity index (χ2v) is 5.27. The van der Waals surface area contributed by atoms with Crippen molar-refractivity contribution in [2.45, 2.75) is 12.5 Å². The number of benzene rings is 1. The minimum absolute atomic E-state index is 0.165. The molecule has 1 unspecified atom stereocenters. The van der Waals surface area contributed by atoms with Crippen molar-refractivity contribution in [1.29, 1.82) is 0 Å². The van der Waals surface area contributed by atoms with Crippen LogP contribution in [0.3, 0.4) is 0 Å². The van der Waals surface area contributed by atoms with Crippen molar-refractivity contribution in [2.24, 2.45) is 5.73 Å². The van der Waals surface area contributed by atoms with Gasteiger partial charge < -0.3 is 15.8 Å². The first-order valence-electron chi connectivity index (χ1n) is 6.19. The summed E-state index contributed by atoms with van der Waals surface area (Å²) in [5.41, 5.74) is 6.91. The van der Waals surface area contributed by atoms with Gasteiger partial charge >= 0.3 is 0 Å². The Kier molecular flexibility index (Phi) is 4.90. The number of rotatable bonds is 6. The molecule has 1 aromatic heterocycles. The van der Waals surface area contributed by atoms with E-state index in [0.29, 0.717) is 6.54 Å². The summed E-state index contributed by atoms with van der Waals surface area (Å²) in [5.74, 6) is -0.165. The van der Waals surface area contributed by atoms with E-state index >= 15 is 0 Å². The third-order valence-electron chi connectivity index (χ3n) is 2.94. The summed E-state index contributed by atoms with van der Waals surface area (Å²) in [6, 6.07) is 7.69. The Morgan fingerprint density at radius 3 is 3.05 bits per heavy atom. The van der Waals surface area contributed by atoms with Crippen LogP contribution in [0.4, 0.5) is 0 Å². The van der Waals surface area contributed by atoms with Crippen molar-refractivity contribution in [3.63, 3.8) is 0 Å². The second kappa shape index (κ2) is 6.65. The number of fused-ring (bicyclic) bond motifs is 1. The summed E-state index contributed by atoms with van der Waals surface area (Å²) in [6.07, 6.45) is 0.815. The van der Waals surface area contributed by atoms with Gasteiger partial charge in [-0.25, -0.2) is 0 Å². The number of nitrogens with two attached hydrogens (primary N) is 1. The molecule has 1 heterocycles. The minimum Gasteiger partial charge on any atom is -0.383 e. The Hall–Kier alpha value is -1.43. The molecule has 0 saturated carbocycles. The Balaban J connectivity index is 1.87. The average Bonchev–Trinajstić information content (AvgIpc) is 2.82. The van der Waals surface area contributed by atoms with Crippen LogP contribution in [0, 0.1) is 0 Å². The molecule has 2 aromatic rings. The third kappa shape index (κ3) is 3.53. The SMILES string of the molecule is COCC(N)C(=O)NCCc1csc2ccccc12. The van der Waals surface area contributed by atoms with Crippen molar-refractivity contribution in [3.05, 3.63) is 35.2 Å². The molecule has 0 bridgehead atoms. The van der Waals surface area contributed by atoms with E-state index in [2.05, 4.69) is 22.8 Å². The maximum absolute atomic E-state index is 11.6. The summed E-state index contributed by atoms with van der Waals surface area (Å²) in [7, 11) is 1.53. The molecule has 5 heteroatoms. The quantitative estimate of drug-likeness (QED) is 0.842. The topological polar surface area (TPSA) is 64.3 Å². The van der Waals surface area contributed by atoms with Crippen molar-refractivity contribution < 1.29 is 9.53 Å². The lowest BCUT2D eigenvalue weighted by Crippen LogP contribution is -2.44. The molecular formula is C14H18N2O2S. The van der Waals surface area contributed by atoms with E-state index in [9.17, 15) is 4.79 Å². The Labute approximate surface area is 116 Å². The first kappa shape index (κ1) is 14.0. The van der Waals surface area contributed by atoms with Gasteiger partial charge in [0.2, 0.25) is 5.91 Å². The van der Waals surface area contributed by atoms with Crippen LogP contribution >= 0.6 is 11.3 Å². The number of methoxy groups -OCH3 is 1. The average molecular weight is 278 g/mol. The second-order valence-electron chi connectivity index (χ2n) is 4.36. The summed E-state index contributed by atoms with van der Waals surface area (Å²) >= 11 is 1.73. The van der Waals surface area contributed by atoms with Crippen LogP contribution < -0.4 is 11.1 Å². The molecule has 19 heavy (non-hydrogen) atoms. The van der Waals surface area contributed by atoms with Gasteiger partial charge in [-0.3, -0.25) is 4.79 Å². The largest absolute Gasteiger partial charge is 0.383 e. The standard InChI is InChI=1S/C14H18N2O2S/c1-18-8-12(15)14(17)16-7-6-10-9-19-13-5-3-2-4-11(10)13/h2-5,9,12H,6-8,15H2,1H3,(H,16,17). The lowest BCUT2D eigenvalue weighted by Gasteiger charge is -2.10. The molecular weight excluding hydrogens is 260 g/mol. The van der Waals surface area contributed by atoms with Crippen LogP contribution in [-0.2, 0) is 16.0 Å². The molecule has 1 aromatic carbocycles. The van der Waals surface area contributed by atoms with E-state index in [0.717, 1.165) is 6.42 Å². The van der Waals surface area contributed by atoms with Crippen LogP contribution in [0.5, 0.6) is 0 Å². The molecule has 0 aliphatic heterocycles. The number of nitrogens with one attached hydrogen (secondary N) is 1. The number of ether oxygens (including phenoxy) is 1. The summed E-state index contributed by atoms with van der Waals surface area (Å²) in [6.45, 7) is 0.837. The highest BCUT2D eigenvalue weighted by Crippen LogP contribution is 2.25. The molecule has 1 atom stereocenters. The molecule has 0 spiro atoms. The number of hydrogen-bond donors (Lipinski definition) is 2. The van der Waals surface area contributed by atoms with Gasteiger partial charge in [0.1, 0.15) is 6.04 Å². The summed E-state index contributed by atoms with van der Waals surface area (Å²) in [4.78, 5) is 11.6. The van der Waals surface area contributed by atoms with Crippen LogP contribution in [0.15, 0.2) is 29.6 Å². The van der Waals surface area contributed by atoms with Gasteiger partial charge in [-0.15, -0.1) is 11.3 Å². The lowest BCUT2D eigenvalue weighted by molar-refractivity contribution is -0.123. The predicted molar refractivity (Wildman–Crippen MR) is 78.4 cm³/mol. The van der Waals surface area contributed by atoms with Gasteiger partial charge in [0.25, 0.3) is 0 Å². The summed E-state index contributed by atoms with van der Waals surface area (Å²) in [5, 5.41) is 6.24. The van der Waals surface area contributed by atoms with Crippen LogP contribution in [0.2, 0.25) is 0 Å². The molecule has 0 fully saturated rings. The van der Waals surface area contributed by atoms with E-state index in [1.165, 1.54) is 22.8 Å². The number of carbonyl (C=O) groups is 1. The van der Waals surface area contributed by atoms with Gasteiger partial charge in [0, 0.05) is 18.4 Å². The van der Waals surface area contributed by atoms with Crippen LogP contribution in [0.25, 0.3) is 10.1 Å². The van der Waals surface area contributed by atoms with Crippen molar-refractivity contribution in [2.75, 3.05) is 20.3 Å². The van der Waals surface area contributed by atoms with Gasteiger partial charge in [-0.1, -0.05) is 18.2 Å². The van der Waals surface area contributed by atoms with E-state index < -0.39 is 6.04 Å². The van der Waals surface area contributed by atoms with E-state index in [-0.39, 0.29) is 12.5 Å². The Morgan fingerprint density at radius 2 is 2.26 bits per heavy atom. The number of thiophene rings is 1. The molecule has 1 amide bonds. The third-order valence-corrected chi connectivity index (χ3v) is 3.95. The molecule has 0 aliphatic carbocycles. The van der Waals surface area contributed by atoms with Crippen molar-refractivity contribution >= 4 is 27.3 Å². The highest BCUT2D eigenvalue weighted by atomic mass is 32.1.